The number of sulfonamides is 1. The Hall–Kier alpha value is -3.62. The van der Waals surface area contributed by atoms with E-state index in [4.69, 9.17) is 0 Å². The van der Waals surface area contributed by atoms with E-state index in [9.17, 15) is 13.7 Å². The molecule has 30 heavy (non-hydrogen) atoms. The molecule has 1 N–H and O–H groups in total. The van der Waals surface area contributed by atoms with Gasteiger partial charge >= 0.3 is 0 Å². The zero-order valence-electron chi connectivity index (χ0n) is 15.7. The molecule has 0 bridgehead atoms. The number of H-pyrrole nitrogens is 1. The van der Waals surface area contributed by atoms with Gasteiger partial charge in [-0.25, -0.2) is 23.4 Å². The monoisotopic (exact) mass is 420 g/mol. The Labute approximate surface area is 171 Å². The second-order valence-corrected chi connectivity index (χ2v) is 9.02. The molecule has 1 fully saturated rings. The summed E-state index contributed by atoms with van der Waals surface area (Å²) in [6, 6.07) is 8.81. The van der Waals surface area contributed by atoms with Crippen molar-refractivity contribution in [1.29, 1.82) is 5.26 Å². The third-order valence-corrected chi connectivity index (χ3v) is 7.00. The van der Waals surface area contributed by atoms with E-state index in [1.54, 1.807) is 35.4 Å². The van der Waals surface area contributed by atoms with Gasteiger partial charge in [0.05, 0.1) is 24.4 Å². The van der Waals surface area contributed by atoms with Crippen LogP contribution in [-0.2, 0) is 15.6 Å². The summed E-state index contributed by atoms with van der Waals surface area (Å²) in [6.45, 7) is 0.286. The van der Waals surface area contributed by atoms with Gasteiger partial charge in [0.1, 0.15) is 17.5 Å². The summed E-state index contributed by atoms with van der Waals surface area (Å²) in [7, 11) is -3.72. The summed E-state index contributed by atoms with van der Waals surface area (Å²) in [5.74, 6) is 0. The number of aromatic amines is 1. The molecule has 0 saturated carbocycles. The standard InChI is InChI=1S/C19H16N8O2S/c20-6-5-19(11-26(12-19)30(28,29)16-3-1-2-7-21-16)27-10-14(9-25-27)17-15-4-8-22-18(15)24-13-23-17/h1-4,7-10,13H,5,11-12H2,(H,22,23,24). The van der Waals surface area contributed by atoms with Gasteiger partial charge in [-0.3, -0.25) is 4.68 Å². The molecule has 1 saturated heterocycles. The molecule has 0 aromatic carbocycles. The third kappa shape index (κ3) is 2.77. The lowest BCUT2D eigenvalue weighted by Gasteiger charge is -2.47. The first-order valence-corrected chi connectivity index (χ1v) is 10.6. The average Bonchev–Trinajstić information content (AvgIpc) is 3.40. The summed E-state index contributed by atoms with van der Waals surface area (Å²) in [4.78, 5) is 15.6. The average molecular weight is 420 g/mol. The minimum absolute atomic E-state index is 0.00690. The van der Waals surface area contributed by atoms with Crippen LogP contribution in [0.15, 0.2) is 60.4 Å². The number of pyridine rings is 1. The van der Waals surface area contributed by atoms with Crippen LogP contribution < -0.4 is 0 Å². The highest BCUT2D eigenvalue weighted by Crippen LogP contribution is 2.37. The molecule has 4 aromatic rings. The van der Waals surface area contributed by atoms with E-state index in [1.807, 2.05) is 6.07 Å². The van der Waals surface area contributed by atoms with Gasteiger partial charge in [0.25, 0.3) is 10.0 Å². The molecule has 5 heterocycles. The van der Waals surface area contributed by atoms with Crippen molar-refractivity contribution in [3.05, 3.63) is 55.4 Å². The molecule has 1 aliphatic heterocycles. The van der Waals surface area contributed by atoms with Crippen LogP contribution in [-0.4, -0.2) is 55.5 Å². The first-order chi connectivity index (χ1) is 14.5. The van der Waals surface area contributed by atoms with Crippen molar-refractivity contribution in [3.8, 4) is 17.3 Å². The summed E-state index contributed by atoms with van der Waals surface area (Å²) in [5.41, 5.74) is 1.47. The first kappa shape index (κ1) is 18.4. The largest absolute Gasteiger partial charge is 0.346 e. The molecule has 5 rings (SSSR count). The van der Waals surface area contributed by atoms with Gasteiger partial charge in [-0.05, 0) is 18.2 Å². The molecular formula is C19H16N8O2S. The molecule has 0 amide bonds. The van der Waals surface area contributed by atoms with E-state index in [0.717, 1.165) is 22.3 Å². The highest BCUT2D eigenvalue weighted by Gasteiger charge is 2.51. The maximum absolute atomic E-state index is 12.8. The van der Waals surface area contributed by atoms with Crippen molar-refractivity contribution in [2.24, 2.45) is 0 Å². The van der Waals surface area contributed by atoms with E-state index >= 15 is 0 Å². The Bertz CT molecular complexity index is 1360. The summed E-state index contributed by atoms with van der Waals surface area (Å²) in [6.07, 6.45) is 8.31. The lowest BCUT2D eigenvalue weighted by molar-refractivity contribution is 0.0715. The fourth-order valence-electron chi connectivity index (χ4n) is 3.70. The Morgan fingerprint density at radius 3 is 2.83 bits per heavy atom. The van der Waals surface area contributed by atoms with E-state index < -0.39 is 15.6 Å². The lowest BCUT2D eigenvalue weighted by atomic mass is 9.89. The van der Waals surface area contributed by atoms with E-state index in [2.05, 4.69) is 31.1 Å². The van der Waals surface area contributed by atoms with Crippen molar-refractivity contribution in [2.75, 3.05) is 13.1 Å². The molecule has 1 aliphatic rings. The molecule has 4 aromatic heterocycles. The van der Waals surface area contributed by atoms with Gasteiger partial charge in [-0.1, -0.05) is 6.07 Å². The molecule has 0 atom stereocenters. The van der Waals surface area contributed by atoms with Gasteiger partial charge in [0.15, 0.2) is 5.03 Å². The van der Waals surface area contributed by atoms with E-state index in [1.165, 1.54) is 22.9 Å². The molecule has 0 unspecified atom stereocenters. The van der Waals surface area contributed by atoms with Crippen LogP contribution in [0.3, 0.4) is 0 Å². The number of aromatic nitrogens is 6. The highest BCUT2D eigenvalue weighted by atomic mass is 32.2. The van der Waals surface area contributed by atoms with Crippen LogP contribution in [0.1, 0.15) is 6.42 Å². The molecule has 10 nitrogen and oxygen atoms in total. The molecule has 0 radical (unpaired) electrons. The van der Waals surface area contributed by atoms with Crippen LogP contribution in [0.25, 0.3) is 22.3 Å². The number of hydrogen-bond acceptors (Lipinski definition) is 7. The lowest BCUT2D eigenvalue weighted by Crippen LogP contribution is -2.64. The molecule has 0 aliphatic carbocycles. The van der Waals surface area contributed by atoms with Gasteiger partial charge in [-0.2, -0.15) is 14.7 Å². The van der Waals surface area contributed by atoms with Crippen molar-refractivity contribution < 1.29 is 8.42 Å². The Morgan fingerprint density at radius 2 is 2.07 bits per heavy atom. The van der Waals surface area contributed by atoms with Crippen molar-refractivity contribution in [1.82, 2.24) is 34.0 Å². The van der Waals surface area contributed by atoms with Crippen LogP contribution in [0.2, 0.25) is 0 Å². The van der Waals surface area contributed by atoms with Crippen molar-refractivity contribution in [3.63, 3.8) is 0 Å². The summed E-state index contributed by atoms with van der Waals surface area (Å²) >= 11 is 0. The van der Waals surface area contributed by atoms with Gasteiger partial charge in [0.2, 0.25) is 0 Å². The number of nitrogens with zero attached hydrogens (tertiary/aromatic N) is 7. The number of fused-ring (bicyclic) bond motifs is 1. The van der Waals surface area contributed by atoms with Gasteiger partial charge < -0.3 is 4.98 Å². The second-order valence-electron chi connectivity index (χ2n) is 7.14. The van der Waals surface area contributed by atoms with Crippen LogP contribution in [0.5, 0.6) is 0 Å². The predicted molar refractivity (Wildman–Crippen MR) is 106 cm³/mol. The Balaban J connectivity index is 1.46. The number of hydrogen-bond donors (Lipinski definition) is 1. The zero-order chi connectivity index (χ0) is 20.8. The quantitative estimate of drug-likeness (QED) is 0.517. The maximum Gasteiger partial charge on any atom is 0.260 e. The molecule has 11 heteroatoms. The van der Waals surface area contributed by atoms with E-state index in [-0.39, 0.29) is 24.5 Å². The number of rotatable bonds is 5. The fraction of sp³-hybridized carbons (Fsp3) is 0.211. The van der Waals surface area contributed by atoms with Gasteiger partial charge in [-0.15, -0.1) is 0 Å². The maximum atomic E-state index is 12.8. The normalized spacial score (nSPS) is 16.2. The Morgan fingerprint density at radius 1 is 1.20 bits per heavy atom. The zero-order valence-corrected chi connectivity index (χ0v) is 16.5. The minimum Gasteiger partial charge on any atom is -0.346 e. The van der Waals surface area contributed by atoms with Crippen LogP contribution in [0, 0.1) is 11.3 Å². The SMILES string of the molecule is N#CCC1(n2cc(-c3ncnc4[nH]ccc34)cn2)CN(S(=O)(=O)c2ccccn2)C1. The minimum atomic E-state index is -3.72. The van der Waals surface area contributed by atoms with Crippen molar-refractivity contribution in [2.45, 2.75) is 17.0 Å². The van der Waals surface area contributed by atoms with E-state index in [0.29, 0.717) is 0 Å². The Kier molecular flexibility index (Phi) is 4.12. The topological polar surface area (TPSA) is 133 Å². The van der Waals surface area contributed by atoms with Crippen LogP contribution in [0.4, 0.5) is 0 Å². The third-order valence-electron chi connectivity index (χ3n) is 5.29. The predicted octanol–water partition coefficient (Wildman–Crippen LogP) is 1.53. The molecular weight excluding hydrogens is 404 g/mol. The summed E-state index contributed by atoms with van der Waals surface area (Å²) in [5, 5.41) is 14.7. The smallest absolute Gasteiger partial charge is 0.260 e. The first-order valence-electron chi connectivity index (χ1n) is 9.15. The molecule has 150 valence electrons. The van der Waals surface area contributed by atoms with Crippen molar-refractivity contribution >= 4 is 21.1 Å². The van der Waals surface area contributed by atoms with Gasteiger partial charge in [0, 0.05) is 42.6 Å². The summed E-state index contributed by atoms with van der Waals surface area (Å²) < 4.78 is 28.6. The second kappa shape index (κ2) is 6.72. The number of nitriles is 1. The highest BCUT2D eigenvalue weighted by molar-refractivity contribution is 7.89. The molecule has 0 spiro atoms. The fourth-order valence-corrected chi connectivity index (χ4v) is 5.23. The number of nitrogens with one attached hydrogen (secondary N) is 1. The van der Waals surface area contributed by atoms with Crippen LogP contribution >= 0.6 is 0 Å².